The molecule has 0 spiro atoms. The zero-order valence-corrected chi connectivity index (χ0v) is 11.7. The van der Waals surface area contributed by atoms with Crippen molar-refractivity contribution in [3.63, 3.8) is 0 Å². The van der Waals surface area contributed by atoms with Crippen LogP contribution in [0.3, 0.4) is 0 Å². The Hall–Kier alpha value is -2.43. The topological polar surface area (TPSA) is 65.0 Å². The molecule has 3 aromatic rings. The lowest BCUT2D eigenvalue weighted by molar-refractivity contribution is 0.355. The van der Waals surface area contributed by atoms with Gasteiger partial charge in [0, 0.05) is 6.07 Å². The van der Waals surface area contributed by atoms with Gasteiger partial charge in [-0.3, -0.25) is 0 Å². The maximum Gasteiger partial charge on any atom is 0.237 e. The first-order valence-electron chi connectivity index (χ1n) is 7.07. The van der Waals surface area contributed by atoms with Crippen LogP contribution in [0.25, 0.3) is 0 Å². The van der Waals surface area contributed by atoms with Crippen LogP contribution in [0, 0.1) is 6.92 Å². The Morgan fingerprint density at radius 1 is 1.10 bits per heavy atom. The zero-order valence-electron chi connectivity index (χ0n) is 11.7. The molecule has 1 aliphatic rings. The number of hydrogen-bond donors (Lipinski definition) is 0. The summed E-state index contributed by atoms with van der Waals surface area (Å²) in [5.41, 5.74) is 1.99. The van der Waals surface area contributed by atoms with Crippen molar-refractivity contribution >= 4 is 0 Å². The molecule has 2 aromatic heterocycles. The minimum Gasteiger partial charge on any atom is -0.361 e. The minimum atomic E-state index is -0.0771. The summed E-state index contributed by atoms with van der Waals surface area (Å²) in [6.07, 6.45) is 2.65. The Balaban J connectivity index is 1.60. The Kier molecular flexibility index (Phi) is 2.67. The highest BCUT2D eigenvalue weighted by Gasteiger charge is 2.50. The summed E-state index contributed by atoms with van der Waals surface area (Å²) in [6, 6.07) is 12.2. The first-order valence-corrected chi connectivity index (χ1v) is 7.07. The summed E-state index contributed by atoms with van der Waals surface area (Å²) in [5, 5.41) is 8.04. The number of rotatable bonds is 4. The van der Waals surface area contributed by atoms with Gasteiger partial charge in [-0.25, -0.2) is 0 Å². The Morgan fingerprint density at radius 3 is 2.57 bits per heavy atom. The highest BCUT2D eigenvalue weighted by Crippen LogP contribution is 2.52. The van der Waals surface area contributed by atoms with Crippen LogP contribution in [-0.4, -0.2) is 15.3 Å². The molecular weight excluding hydrogens is 266 g/mol. The van der Waals surface area contributed by atoms with Crippen molar-refractivity contribution < 1.29 is 9.05 Å². The second-order valence-electron chi connectivity index (χ2n) is 5.57. The van der Waals surface area contributed by atoms with Gasteiger partial charge in [0.1, 0.15) is 5.76 Å². The second kappa shape index (κ2) is 4.55. The van der Waals surface area contributed by atoms with Gasteiger partial charge in [0.05, 0.1) is 17.5 Å². The molecular formula is C16H15N3O2. The van der Waals surface area contributed by atoms with Gasteiger partial charge in [0.2, 0.25) is 5.89 Å². The van der Waals surface area contributed by atoms with E-state index < -0.39 is 0 Å². The molecule has 0 saturated heterocycles. The molecule has 2 heterocycles. The Labute approximate surface area is 122 Å². The summed E-state index contributed by atoms with van der Waals surface area (Å²) in [7, 11) is 0. The van der Waals surface area contributed by atoms with E-state index in [9.17, 15) is 0 Å². The molecule has 21 heavy (non-hydrogen) atoms. The van der Waals surface area contributed by atoms with E-state index in [0.717, 1.165) is 24.3 Å². The van der Waals surface area contributed by atoms with E-state index in [0.29, 0.717) is 18.1 Å². The summed E-state index contributed by atoms with van der Waals surface area (Å²) in [4.78, 5) is 4.57. The molecule has 0 radical (unpaired) electrons. The van der Waals surface area contributed by atoms with Gasteiger partial charge in [-0.05, 0) is 25.3 Å². The van der Waals surface area contributed by atoms with Crippen molar-refractivity contribution in [1.29, 1.82) is 0 Å². The number of aryl methyl sites for hydroxylation is 1. The van der Waals surface area contributed by atoms with Crippen LogP contribution in [-0.2, 0) is 11.8 Å². The molecule has 5 heteroatoms. The molecule has 0 N–H and O–H groups in total. The smallest absolute Gasteiger partial charge is 0.237 e. The van der Waals surface area contributed by atoms with E-state index in [2.05, 4.69) is 27.4 Å². The van der Waals surface area contributed by atoms with Gasteiger partial charge in [0.25, 0.3) is 0 Å². The first kappa shape index (κ1) is 12.3. The van der Waals surface area contributed by atoms with E-state index >= 15 is 0 Å². The van der Waals surface area contributed by atoms with Gasteiger partial charge in [-0.1, -0.05) is 40.6 Å². The molecule has 1 aliphatic carbocycles. The zero-order chi connectivity index (χ0) is 14.3. The third-order valence-corrected chi connectivity index (χ3v) is 3.97. The van der Waals surface area contributed by atoms with Crippen molar-refractivity contribution in [2.75, 3.05) is 0 Å². The molecule has 0 atom stereocenters. The number of nitrogens with zero attached hydrogens (tertiary/aromatic N) is 3. The van der Waals surface area contributed by atoms with Gasteiger partial charge in [-0.2, -0.15) is 4.98 Å². The second-order valence-corrected chi connectivity index (χ2v) is 5.57. The minimum absolute atomic E-state index is 0.0771. The van der Waals surface area contributed by atoms with Gasteiger partial charge < -0.3 is 9.05 Å². The largest absolute Gasteiger partial charge is 0.361 e. The van der Waals surface area contributed by atoms with Crippen molar-refractivity contribution in [1.82, 2.24) is 15.3 Å². The molecule has 106 valence electrons. The molecule has 5 nitrogen and oxygen atoms in total. The lowest BCUT2D eigenvalue weighted by Gasteiger charge is -2.09. The summed E-state index contributed by atoms with van der Waals surface area (Å²) in [5.74, 6) is 2.15. The monoisotopic (exact) mass is 281 g/mol. The number of aromatic nitrogens is 3. The van der Waals surface area contributed by atoms with Gasteiger partial charge in [-0.15, -0.1) is 0 Å². The van der Waals surface area contributed by atoms with Gasteiger partial charge >= 0.3 is 0 Å². The molecule has 4 rings (SSSR count). The van der Waals surface area contributed by atoms with Crippen molar-refractivity contribution in [2.24, 2.45) is 0 Å². The molecule has 1 saturated carbocycles. The molecule has 1 fully saturated rings. The van der Waals surface area contributed by atoms with Crippen LogP contribution >= 0.6 is 0 Å². The molecule has 0 bridgehead atoms. The Morgan fingerprint density at radius 2 is 1.90 bits per heavy atom. The molecule has 1 aromatic carbocycles. The molecule has 0 amide bonds. The predicted octanol–water partition coefficient (Wildman–Crippen LogP) is 3.04. The summed E-state index contributed by atoms with van der Waals surface area (Å²) in [6.45, 7) is 1.87. The quantitative estimate of drug-likeness (QED) is 0.735. The third-order valence-electron chi connectivity index (χ3n) is 3.97. The maximum atomic E-state index is 5.51. The van der Waals surface area contributed by atoms with Crippen LogP contribution in [0.15, 0.2) is 45.4 Å². The van der Waals surface area contributed by atoms with Crippen LogP contribution in [0.5, 0.6) is 0 Å². The third kappa shape index (κ3) is 2.14. The predicted molar refractivity (Wildman–Crippen MR) is 74.8 cm³/mol. The van der Waals surface area contributed by atoms with E-state index in [1.54, 1.807) is 0 Å². The van der Waals surface area contributed by atoms with Crippen LogP contribution in [0.4, 0.5) is 0 Å². The van der Waals surface area contributed by atoms with Crippen LogP contribution < -0.4 is 0 Å². The van der Waals surface area contributed by atoms with E-state index in [-0.39, 0.29) is 5.41 Å². The highest BCUT2D eigenvalue weighted by molar-refractivity contribution is 5.38. The fraction of sp³-hybridized carbons (Fsp3) is 0.312. The number of hydrogen-bond acceptors (Lipinski definition) is 5. The Bertz CT molecular complexity index is 757. The van der Waals surface area contributed by atoms with E-state index in [4.69, 9.17) is 9.05 Å². The standard InChI is InChI=1S/C16H15N3O2/c1-11-9-13(18-20-11)10-14-17-15(21-19-14)16(7-8-16)12-5-3-2-4-6-12/h2-6,9H,7-8,10H2,1H3. The fourth-order valence-corrected chi connectivity index (χ4v) is 2.69. The molecule has 0 unspecified atom stereocenters. The highest BCUT2D eigenvalue weighted by atomic mass is 16.5. The SMILES string of the molecule is Cc1cc(Cc2noc(C3(c4ccccc4)CC3)n2)no1. The fourth-order valence-electron chi connectivity index (χ4n) is 2.69. The van der Waals surface area contributed by atoms with Crippen molar-refractivity contribution in [2.45, 2.75) is 31.6 Å². The maximum absolute atomic E-state index is 5.51. The summed E-state index contributed by atoms with van der Waals surface area (Å²) >= 11 is 0. The lowest BCUT2D eigenvalue weighted by Crippen LogP contribution is -2.09. The average molecular weight is 281 g/mol. The lowest BCUT2D eigenvalue weighted by atomic mass is 9.96. The van der Waals surface area contributed by atoms with Crippen molar-refractivity contribution in [3.8, 4) is 0 Å². The number of benzene rings is 1. The average Bonchev–Trinajstić information content (AvgIpc) is 3.02. The normalized spacial score (nSPS) is 16.0. The van der Waals surface area contributed by atoms with Crippen molar-refractivity contribution in [3.05, 3.63) is 65.1 Å². The van der Waals surface area contributed by atoms with Crippen LogP contribution in [0.1, 0.15) is 41.6 Å². The van der Waals surface area contributed by atoms with E-state index in [1.165, 1.54) is 5.56 Å². The molecule has 0 aliphatic heterocycles. The van der Waals surface area contributed by atoms with E-state index in [1.807, 2.05) is 31.2 Å². The van der Waals surface area contributed by atoms with Gasteiger partial charge in [0.15, 0.2) is 5.82 Å². The first-order chi connectivity index (χ1) is 10.3. The van der Waals surface area contributed by atoms with Crippen LogP contribution in [0.2, 0.25) is 0 Å². The summed E-state index contributed by atoms with van der Waals surface area (Å²) < 4.78 is 10.6.